The predicted molar refractivity (Wildman–Crippen MR) is 155 cm³/mol. The second kappa shape index (κ2) is 12.5. The van der Waals surface area contributed by atoms with Gasteiger partial charge in [-0.15, -0.1) is 11.3 Å². The highest BCUT2D eigenvalue weighted by atomic mass is 32.2. The summed E-state index contributed by atoms with van der Waals surface area (Å²) in [5.41, 5.74) is 0.126. The first kappa shape index (κ1) is 28.3. The van der Waals surface area contributed by atoms with Gasteiger partial charge in [0.25, 0.3) is 5.91 Å². The highest BCUT2D eigenvalue weighted by Crippen LogP contribution is 2.30. The summed E-state index contributed by atoms with van der Waals surface area (Å²) in [6.07, 6.45) is 6.68. The fraction of sp³-hybridized carbons (Fsp3) is 0.433. The molecule has 2 heterocycles. The summed E-state index contributed by atoms with van der Waals surface area (Å²) in [4.78, 5) is 27.4. The standard InChI is InChI=1S/C30H34N4O4S2/c31-20-23-11-4-6-14-28(23)40(37,38)34-16-7-12-24(15-17-34)32-29(35)25(18-21-8-1-2-9-21)33-30(36)27-19-22-10-3-5-13-26(22)39-27/h3-6,10-11,13-14,19,21,24-25H,1-2,7-9,12,15-18H2,(H,32,35)(H,33,36). The number of thiophene rings is 1. The molecule has 2 N–H and O–H groups in total. The third-order valence-electron chi connectivity index (χ3n) is 7.97. The van der Waals surface area contributed by atoms with E-state index in [-0.39, 0.29) is 34.9 Å². The normalized spacial score (nSPS) is 19.5. The van der Waals surface area contributed by atoms with Gasteiger partial charge in [-0.3, -0.25) is 9.59 Å². The van der Waals surface area contributed by atoms with Gasteiger partial charge in [-0.1, -0.05) is 56.0 Å². The van der Waals surface area contributed by atoms with Gasteiger partial charge in [-0.2, -0.15) is 9.57 Å². The second-order valence-corrected chi connectivity index (χ2v) is 13.7. The van der Waals surface area contributed by atoms with Crippen LogP contribution in [0.1, 0.15) is 66.6 Å². The largest absolute Gasteiger partial charge is 0.352 e. The zero-order valence-electron chi connectivity index (χ0n) is 22.3. The smallest absolute Gasteiger partial charge is 0.262 e. The maximum atomic E-state index is 13.5. The van der Waals surface area contributed by atoms with E-state index in [4.69, 9.17) is 0 Å². The second-order valence-electron chi connectivity index (χ2n) is 10.7. The van der Waals surface area contributed by atoms with E-state index >= 15 is 0 Å². The zero-order chi connectivity index (χ0) is 28.1. The fourth-order valence-electron chi connectivity index (χ4n) is 5.81. The van der Waals surface area contributed by atoms with Crippen molar-refractivity contribution in [3.8, 4) is 6.07 Å². The minimum absolute atomic E-state index is 0.0144. The van der Waals surface area contributed by atoms with Gasteiger partial charge in [0.15, 0.2) is 0 Å². The first-order valence-electron chi connectivity index (χ1n) is 13.9. The summed E-state index contributed by atoms with van der Waals surface area (Å²) in [6.45, 7) is 0.567. The molecule has 2 fully saturated rings. The number of nitrogens with zero attached hydrogens (tertiary/aromatic N) is 2. The highest BCUT2D eigenvalue weighted by molar-refractivity contribution is 7.89. The first-order chi connectivity index (χ1) is 19.3. The van der Waals surface area contributed by atoms with Crippen LogP contribution in [0.5, 0.6) is 0 Å². The molecule has 5 rings (SSSR count). The van der Waals surface area contributed by atoms with Crippen LogP contribution in [0.25, 0.3) is 10.1 Å². The number of carbonyl (C=O) groups excluding carboxylic acids is 2. The summed E-state index contributed by atoms with van der Waals surface area (Å²) in [6, 6.07) is 17.1. The van der Waals surface area contributed by atoms with Crippen LogP contribution < -0.4 is 10.6 Å². The summed E-state index contributed by atoms with van der Waals surface area (Å²) in [5.74, 6) is -0.0560. The van der Waals surface area contributed by atoms with Crippen LogP contribution in [0.4, 0.5) is 0 Å². The lowest BCUT2D eigenvalue weighted by Gasteiger charge is -2.25. The minimum atomic E-state index is -3.83. The Bertz CT molecular complexity index is 1490. The number of amides is 2. The topological polar surface area (TPSA) is 119 Å². The molecular formula is C30H34N4O4S2. The van der Waals surface area contributed by atoms with Crippen molar-refractivity contribution in [2.24, 2.45) is 5.92 Å². The molecule has 210 valence electrons. The van der Waals surface area contributed by atoms with E-state index in [0.29, 0.717) is 43.0 Å². The summed E-state index contributed by atoms with van der Waals surface area (Å²) < 4.78 is 29.1. The van der Waals surface area contributed by atoms with Gasteiger partial charge in [0.1, 0.15) is 12.1 Å². The summed E-state index contributed by atoms with van der Waals surface area (Å²) in [5, 5.41) is 16.5. The van der Waals surface area contributed by atoms with Gasteiger partial charge in [0.2, 0.25) is 15.9 Å². The van der Waals surface area contributed by atoms with Crippen LogP contribution in [0, 0.1) is 17.2 Å². The molecule has 2 aliphatic rings. The summed E-state index contributed by atoms with van der Waals surface area (Å²) in [7, 11) is -3.83. The molecule has 10 heteroatoms. The van der Waals surface area contributed by atoms with E-state index in [1.807, 2.05) is 36.4 Å². The zero-order valence-corrected chi connectivity index (χ0v) is 24.0. The number of nitriles is 1. The molecule has 2 unspecified atom stereocenters. The molecule has 40 heavy (non-hydrogen) atoms. The van der Waals surface area contributed by atoms with Crippen molar-refractivity contribution in [2.45, 2.75) is 68.3 Å². The average Bonchev–Trinajstić information content (AvgIpc) is 3.58. The van der Waals surface area contributed by atoms with Crippen LogP contribution >= 0.6 is 11.3 Å². The van der Waals surface area contributed by atoms with E-state index in [1.165, 1.54) is 27.8 Å². The van der Waals surface area contributed by atoms with E-state index in [1.54, 1.807) is 12.1 Å². The Kier molecular flexibility index (Phi) is 8.84. The highest BCUT2D eigenvalue weighted by Gasteiger charge is 2.32. The lowest BCUT2D eigenvalue weighted by atomic mass is 9.97. The number of sulfonamides is 1. The van der Waals surface area contributed by atoms with Crippen molar-refractivity contribution in [3.05, 3.63) is 65.0 Å². The molecule has 8 nitrogen and oxygen atoms in total. The Hall–Kier alpha value is -3.26. The van der Waals surface area contributed by atoms with Crippen molar-refractivity contribution in [1.82, 2.24) is 14.9 Å². The Labute approximate surface area is 239 Å². The van der Waals surface area contributed by atoms with Crippen molar-refractivity contribution < 1.29 is 18.0 Å². The average molecular weight is 579 g/mol. The van der Waals surface area contributed by atoms with Gasteiger partial charge < -0.3 is 10.6 Å². The van der Waals surface area contributed by atoms with Crippen LogP contribution in [-0.2, 0) is 14.8 Å². The van der Waals surface area contributed by atoms with Crippen molar-refractivity contribution in [3.63, 3.8) is 0 Å². The summed E-state index contributed by atoms with van der Waals surface area (Å²) >= 11 is 1.42. The van der Waals surface area contributed by atoms with Gasteiger partial charge in [-0.05, 0) is 61.3 Å². The lowest BCUT2D eigenvalue weighted by molar-refractivity contribution is -0.124. The van der Waals surface area contributed by atoms with E-state index in [2.05, 4.69) is 10.6 Å². The molecule has 1 saturated heterocycles. The number of hydrogen-bond acceptors (Lipinski definition) is 6. The Morgan fingerprint density at radius 3 is 2.52 bits per heavy atom. The molecule has 1 aliphatic heterocycles. The molecule has 0 bridgehead atoms. The molecule has 2 atom stereocenters. The third-order valence-corrected chi connectivity index (χ3v) is 11.0. The van der Waals surface area contributed by atoms with E-state index in [0.717, 1.165) is 35.8 Å². The van der Waals surface area contributed by atoms with Crippen LogP contribution in [-0.4, -0.2) is 49.7 Å². The predicted octanol–water partition coefficient (Wildman–Crippen LogP) is 4.81. The minimum Gasteiger partial charge on any atom is -0.352 e. The molecule has 1 aromatic heterocycles. The van der Waals surface area contributed by atoms with Crippen molar-refractivity contribution >= 4 is 43.3 Å². The Balaban J connectivity index is 1.25. The Morgan fingerprint density at radius 1 is 1.00 bits per heavy atom. The van der Waals surface area contributed by atoms with Gasteiger partial charge in [0, 0.05) is 23.8 Å². The third kappa shape index (κ3) is 6.38. The number of rotatable bonds is 8. The van der Waals surface area contributed by atoms with E-state index in [9.17, 15) is 23.3 Å². The SMILES string of the molecule is N#Cc1ccccc1S(=O)(=O)N1CCCC(NC(=O)C(CC2CCCC2)NC(=O)c2cc3ccccc3s2)CC1. The molecule has 2 amide bonds. The monoisotopic (exact) mass is 578 g/mol. The molecule has 0 spiro atoms. The van der Waals surface area contributed by atoms with Crippen molar-refractivity contribution in [1.29, 1.82) is 5.26 Å². The quantitative estimate of drug-likeness (QED) is 0.398. The molecule has 1 aliphatic carbocycles. The molecule has 2 aromatic carbocycles. The van der Waals surface area contributed by atoms with Crippen LogP contribution in [0.15, 0.2) is 59.5 Å². The number of benzene rings is 2. The van der Waals surface area contributed by atoms with Crippen molar-refractivity contribution in [2.75, 3.05) is 13.1 Å². The number of nitrogens with one attached hydrogen (secondary N) is 2. The van der Waals surface area contributed by atoms with E-state index < -0.39 is 16.1 Å². The first-order valence-corrected chi connectivity index (χ1v) is 16.2. The maximum absolute atomic E-state index is 13.5. The molecule has 1 saturated carbocycles. The van der Waals surface area contributed by atoms with Gasteiger partial charge >= 0.3 is 0 Å². The fourth-order valence-corrected chi connectivity index (χ4v) is 8.41. The maximum Gasteiger partial charge on any atom is 0.262 e. The van der Waals surface area contributed by atoms with Gasteiger partial charge in [-0.25, -0.2) is 8.42 Å². The number of hydrogen-bond donors (Lipinski definition) is 2. The van der Waals surface area contributed by atoms with Crippen LogP contribution in [0.3, 0.4) is 0 Å². The Morgan fingerprint density at radius 2 is 1.75 bits per heavy atom. The molecule has 0 radical (unpaired) electrons. The lowest BCUT2D eigenvalue weighted by Crippen LogP contribution is -2.50. The number of fused-ring (bicyclic) bond motifs is 1. The van der Waals surface area contributed by atoms with Gasteiger partial charge in [0.05, 0.1) is 15.3 Å². The van der Waals surface area contributed by atoms with Crippen LogP contribution in [0.2, 0.25) is 0 Å². The number of carbonyl (C=O) groups is 2. The molecule has 3 aromatic rings. The molecular weight excluding hydrogens is 544 g/mol.